The zero-order valence-electron chi connectivity index (χ0n) is 10.5. The van der Waals surface area contributed by atoms with Crippen LogP contribution in [0.1, 0.15) is 19.4 Å². The number of likely N-dealkylation sites (N-methyl/N-ethyl adjacent to an activating group) is 1. The smallest absolute Gasteiger partial charge is 0.347 e. The van der Waals surface area contributed by atoms with Crippen LogP contribution >= 0.6 is 0 Å². The number of ether oxygens (including phenoxy) is 1. The Morgan fingerprint density at radius 2 is 1.94 bits per heavy atom. The van der Waals surface area contributed by atoms with E-state index in [1.54, 1.807) is 12.1 Å². The maximum atomic E-state index is 10.9. The molecule has 17 heavy (non-hydrogen) atoms. The fourth-order valence-electron chi connectivity index (χ4n) is 1.33. The highest BCUT2D eigenvalue weighted by Crippen LogP contribution is 2.19. The van der Waals surface area contributed by atoms with Gasteiger partial charge in [0.1, 0.15) is 5.75 Å². The molecule has 0 aliphatic carbocycles. The maximum absolute atomic E-state index is 10.9. The van der Waals surface area contributed by atoms with Crippen molar-refractivity contribution in [2.24, 2.45) is 0 Å². The van der Waals surface area contributed by atoms with Crippen molar-refractivity contribution in [3.05, 3.63) is 29.8 Å². The Kier molecular flexibility index (Phi) is 4.52. The molecule has 94 valence electrons. The third-order valence-corrected chi connectivity index (χ3v) is 2.48. The van der Waals surface area contributed by atoms with Gasteiger partial charge >= 0.3 is 5.97 Å². The summed E-state index contributed by atoms with van der Waals surface area (Å²) in [6.45, 7) is 3.98. The van der Waals surface area contributed by atoms with Crippen LogP contribution in [0.2, 0.25) is 0 Å². The molecule has 1 aromatic carbocycles. The van der Waals surface area contributed by atoms with E-state index in [4.69, 9.17) is 9.84 Å². The number of aliphatic carboxylic acids is 1. The first kappa shape index (κ1) is 13.5. The quantitative estimate of drug-likeness (QED) is 0.790. The standard InChI is InChI=1S/C13H19NO3/c1-13(2,12(15)16)17-11-6-4-10(5-7-11)8-9-14-3/h4-7,14H,8-9H2,1-3H3,(H,15,16). The minimum absolute atomic E-state index is 0.575. The van der Waals surface area contributed by atoms with E-state index < -0.39 is 11.6 Å². The topological polar surface area (TPSA) is 58.6 Å². The van der Waals surface area contributed by atoms with Gasteiger partial charge in [-0.3, -0.25) is 0 Å². The van der Waals surface area contributed by atoms with Crippen molar-refractivity contribution in [1.29, 1.82) is 0 Å². The van der Waals surface area contributed by atoms with Gasteiger partial charge in [-0.15, -0.1) is 0 Å². The lowest BCUT2D eigenvalue weighted by Gasteiger charge is -2.21. The highest BCUT2D eigenvalue weighted by atomic mass is 16.5. The van der Waals surface area contributed by atoms with Crippen molar-refractivity contribution in [2.45, 2.75) is 25.9 Å². The summed E-state index contributed by atoms with van der Waals surface area (Å²) < 4.78 is 5.41. The molecule has 1 aromatic rings. The molecule has 4 nitrogen and oxygen atoms in total. The zero-order valence-corrected chi connectivity index (χ0v) is 10.5. The Morgan fingerprint density at radius 3 is 2.41 bits per heavy atom. The highest BCUT2D eigenvalue weighted by Gasteiger charge is 2.29. The second-order valence-electron chi connectivity index (χ2n) is 4.42. The molecule has 0 radical (unpaired) electrons. The summed E-state index contributed by atoms with van der Waals surface area (Å²) >= 11 is 0. The average molecular weight is 237 g/mol. The van der Waals surface area contributed by atoms with Crippen LogP contribution in [-0.4, -0.2) is 30.3 Å². The van der Waals surface area contributed by atoms with Gasteiger partial charge in [0.15, 0.2) is 5.60 Å². The number of hydrogen-bond donors (Lipinski definition) is 2. The molecule has 2 N–H and O–H groups in total. The second-order valence-corrected chi connectivity index (χ2v) is 4.42. The van der Waals surface area contributed by atoms with Gasteiger partial charge in [0.2, 0.25) is 0 Å². The van der Waals surface area contributed by atoms with Crippen LogP contribution < -0.4 is 10.1 Å². The number of carboxylic acids is 1. The zero-order chi connectivity index (χ0) is 12.9. The van der Waals surface area contributed by atoms with E-state index in [0.29, 0.717) is 5.75 Å². The lowest BCUT2D eigenvalue weighted by molar-refractivity contribution is -0.152. The average Bonchev–Trinajstić information content (AvgIpc) is 2.27. The minimum Gasteiger partial charge on any atom is -0.478 e. The van der Waals surface area contributed by atoms with Crippen LogP contribution in [0.4, 0.5) is 0 Å². The first-order valence-electron chi connectivity index (χ1n) is 5.61. The summed E-state index contributed by atoms with van der Waals surface area (Å²) in [7, 11) is 1.91. The number of rotatable bonds is 6. The first-order valence-corrected chi connectivity index (χ1v) is 5.61. The fourth-order valence-corrected chi connectivity index (χ4v) is 1.33. The lowest BCUT2D eigenvalue weighted by Crippen LogP contribution is -2.37. The van der Waals surface area contributed by atoms with Crippen molar-refractivity contribution < 1.29 is 14.6 Å². The van der Waals surface area contributed by atoms with Gasteiger partial charge in [-0.05, 0) is 51.6 Å². The molecule has 1 rings (SSSR count). The Labute approximate surface area is 102 Å². The Morgan fingerprint density at radius 1 is 1.35 bits per heavy atom. The Bertz CT molecular complexity index is 371. The summed E-state index contributed by atoms with van der Waals surface area (Å²) in [6, 6.07) is 7.50. The van der Waals surface area contributed by atoms with Crippen LogP contribution in [-0.2, 0) is 11.2 Å². The van der Waals surface area contributed by atoms with Crippen molar-refractivity contribution in [1.82, 2.24) is 5.32 Å². The second kappa shape index (κ2) is 5.68. The number of hydrogen-bond acceptors (Lipinski definition) is 3. The predicted octanol–water partition coefficient (Wildman–Crippen LogP) is 1.69. The SMILES string of the molecule is CNCCc1ccc(OC(C)(C)C(=O)O)cc1. The third kappa shape index (κ3) is 4.07. The maximum Gasteiger partial charge on any atom is 0.347 e. The van der Waals surface area contributed by atoms with E-state index in [0.717, 1.165) is 13.0 Å². The summed E-state index contributed by atoms with van der Waals surface area (Å²) in [4.78, 5) is 10.9. The molecule has 0 unspecified atom stereocenters. The largest absolute Gasteiger partial charge is 0.478 e. The van der Waals surface area contributed by atoms with E-state index in [1.165, 1.54) is 19.4 Å². The number of carboxylic acid groups (broad SMARTS) is 1. The van der Waals surface area contributed by atoms with Crippen LogP contribution in [0.3, 0.4) is 0 Å². The predicted molar refractivity (Wildman–Crippen MR) is 66.4 cm³/mol. The molecule has 0 spiro atoms. The molecule has 0 fully saturated rings. The van der Waals surface area contributed by atoms with Gasteiger partial charge in [0.25, 0.3) is 0 Å². The summed E-state index contributed by atoms with van der Waals surface area (Å²) in [5.74, 6) is -0.401. The number of benzene rings is 1. The van der Waals surface area contributed by atoms with Gasteiger partial charge in [-0.2, -0.15) is 0 Å². The van der Waals surface area contributed by atoms with Gasteiger partial charge < -0.3 is 15.2 Å². The van der Waals surface area contributed by atoms with Crippen molar-refractivity contribution >= 4 is 5.97 Å². The molecule has 0 saturated heterocycles. The van der Waals surface area contributed by atoms with Gasteiger partial charge in [-0.25, -0.2) is 4.79 Å². The lowest BCUT2D eigenvalue weighted by atomic mass is 10.1. The molecular formula is C13H19NO3. The van der Waals surface area contributed by atoms with Crippen LogP contribution in [0, 0.1) is 0 Å². The Hall–Kier alpha value is -1.55. The molecule has 0 saturated carbocycles. The third-order valence-electron chi connectivity index (χ3n) is 2.48. The van der Waals surface area contributed by atoms with Gasteiger partial charge in [-0.1, -0.05) is 12.1 Å². The Balaban J connectivity index is 2.65. The van der Waals surface area contributed by atoms with Crippen molar-refractivity contribution in [2.75, 3.05) is 13.6 Å². The van der Waals surface area contributed by atoms with E-state index in [1.807, 2.05) is 19.2 Å². The van der Waals surface area contributed by atoms with E-state index in [9.17, 15) is 4.79 Å². The van der Waals surface area contributed by atoms with E-state index in [-0.39, 0.29) is 0 Å². The molecule has 0 aromatic heterocycles. The van der Waals surface area contributed by atoms with Crippen LogP contribution in [0.5, 0.6) is 5.75 Å². The summed E-state index contributed by atoms with van der Waals surface area (Å²) in [6.07, 6.45) is 0.944. The van der Waals surface area contributed by atoms with Gasteiger partial charge in [0.05, 0.1) is 0 Å². The van der Waals surface area contributed by atoms with Gasteiger partial charge in [0, 0.05) is 0 Å². The number of carbonyl (C=O) groups is 1. The summed E-state index contributed by atoms with van der Waals surface area (Å²) in [5, 5.41) is 12.0. The molecule has 4 heteroatoms. The van der Waals surface area contributed by atoms with Crippen molar-refractivity contribution in [3.8, 4) is 5.75 Å². The molecule has 0 heterocycles. The molecule has 0 aliphatic rings. The van der Waals surface area contributed by atoms with Crippen LogP contribution in [0.25, 0.3) is 0 Å². The molecule has 0 aliphatic heterocycles. The van der Waals surface area contributed by atoms with Crippen molar-refractivity contribution in [3.63, 3.8) is 0 Å². The highest BCUT2D eigenvalue weighted by molar-refractivity contribution is 5.76. The first-order chi connectivity index (χ1) is 7.95. The van der Waals surface area contributed by atoms with E-state index in [2.05, 4.69) is 5.32 Å². The minimum atomic E-state index is -1.20. The summed E-state index contributed by atoms with van der Waals surface area (Å²) in [5.41, 5.74) is -0.00761. The van der Waals surface area contributed by atoms with E-state index >= 15 is 0 Å². The molecule has 0 amide bonds. The molecular weight excluding hydrogens is 218 g/mol. The normalized spacial score (nSPS) is 11.2. The number of nitrogens with one attached hydrogen (secondary N) is 1. The molecule has 0 bridgehead atoms. The fraction of sp³-hybridized carbons (Fsp3) is 0.462. The molecule has 0 atom stereocenters. The monoisotopic (exact) mass is 237 g/mol. The van der Waals surface area contributed by atoms with Crippen LogP contribution in [0.15, 0.2) is 24.3 Å².